The first-order valence-electron chi connectivity index (χ1n) is 3.19. The molecule has 0 aliphatic carbocycles. The molecule has 1 rings (SSSR count). The van der Waals surface area contributed by atoms with Gasteiger partial charge >= 0.3 is 5.82 Å². The largest absolute Gasteiger partial charge is 0.413 e. The van der Waals surface area contributed by atoms with E-state index >= 15 is 0 Å². The third-order valence-electron chi connectivity index (χ3n) is 1.43. The highest BCUT2D eigenvalue weighted by Gasteiger charge is 2.19. The Kier molecular flexibility index (Phi) is 1.84. The van der Waals surface area contributed by atoms with Gasteiger partial charge in [-0.15, -0.1) is 0 Å². The van der Waals surface area contributed by atoms with Crippen molar-refractivity contribution < 1.29 is 4.92 Å². The molecule has 0 spiro atoms. The van der Waals surface area contributed by atoms with Crippen molar-refractivity contribution in [3.8, 4) is 0 Å². The first-order valence-corrected chi connectivity index (χ1v) is 3.19. The number of hydrogen-bond donors (Lipinski definition) is 0. The minimum absolute atomic E-state index is 0.144. The molecule has 11 heavy (non-hydrogen) atoms. The minimum Gasteiger partial charge on any atom is -0.358 e. The smallest absolute Gasteiger partial charge is 0.358 e. The molecule has 0 atom stereocenters. The lowest BCUT2D eigenvalue weighted by molar-refractivity contribution is -0.390. The fourth-order valence-electron chi connectivity index (χ4n) is 0.895. The number of hydrogen-bond acceptors (Lipinski definition) is 4. The molecule has 0 aliphatic rings. The zero-order chi connectivity index (χ0) is 8.43. The SMILES string of the molecule is CCc1c([N+](=O)[O-])nnn1C. The van der Waals surface area contributed by atoms with Crippen LogP contribution in [0.5, 0.6) is 0 Å². The van der Waals surface area contributed by atoms with Crippen LogP contribution in [0.25, 0.3) is 0 Å². The molecule has 0 saturated heterocycles. The number of aromatic nitrogens is 3. The van der Waals surface area contributed by atoms with Gasteiger partial charge in [0, 0.05) is 7.05 Å². The number of nitro groups is 1. The van der Waals surface area contributed by atoms with Crippen molar-refractivity contribution in [2.45, 2.75) is 13.3 Å². The highest BCUT2D eigenvalue weighted by molar-refractivity contribution is 5.23. The van der Waals surface area contributed by atoms with Gasteiger partial charge in [-0.2, -0.15) is 0 Å². The maximum absolute atomic E-state index is 10.3. The molecule has 0 amide bonds. The molecular formula is C5H8N4O2. The molecule has 1 aromatic heterocycles. The van der Waals surface area contributed by atoms with Crippen LogP contribution in [0.4, 0.5) is 5.82 Å². The summed E-state index contributed by atoms with van der Waals surface area (Å²) in [5, 5.41) is 17.2. The maximum Gasteiger partial charge on any atom is 0.413 e. The van der Waals surface area contributed by atoms with Crippen LogP contribution in [0.2, 0.25) is 0 Å². The third kappa shape index (κ3) is 1.19. The zero-order valence-corrected chi connectivity index (χ0v) is 6.31. The lowest BCUT2D eigenvalue weighted by atomic mass is 10.3. The summed E-state index contributed by atoms with van der Waals surface area (Å²) in [5.41, 5.74) is 0.551. The molecule has 0 aliphatic heterocycles. The van der Waals surface area contributed by atoms with Crippen LogP contribution in [-0.2, 0) is 13.5 Å². The molecule has 0 saturated carbocycles. The summed E-state index contributed by atoms with van der Waals surface area (Å²) in [7, 11) is 1.64. The first kappa shape index (κ1) is 7.64. The summed E-state index contributed by atoms with van der Waals surface area (Å²) in [6.07, 6.45) is 0.569. The monoisotopic (exact) mass is 156 g/mol. The van der Waals surface area contributed by atoms with Crippen LogP contribution >= 0.6 is 0 Å². The highest BCUT2D eigenvalue weighted by Crippen LogP contribution is 2.12. The third-order valence-corrected chi connectivity index (χ3v) is 1.43. The molecule has 0 radical (unpaired) electrons. The van der Waals surface area contributed by atoms with E-state index in [2.05, 4.69) is 10.3 Å². The van der Waals surface area contributed by atoms with E-state index < -0.39 is 4.92 Å². The van der Waals surface area contributed by atoms with E-state index in [1.54, 1.807) is 7.05 Å². The standard InChI is InChI=1S/C5H8N4O2/c1-3-4-5(9(10)11)6-7-8(4)2/h3H2,1-2H3. The van der Waals surface area contributed by atoms with Gasteiger partial charge in [0.15, 0.2) is 0 Å². The molecule has 0 unspecified atom stereocenters. The van der Waals surface area contributed by atoms with E-state index in [-0.39, 0.29) is 5.82 Å². The van der Waals surface area contributed by atoms with E-state index in [0.717, 1.165) is 0 Å². The summed E-state index contributed by atoms with van der Waals surface area (Å²) in [6.45, 7) is 1.83. The van der Waals surface area contributed by atoms with Crippen LogP contribution in [0.1, 0.15) is 12.6 Å². The Hall–Kier alpha value is -1.46. The summed E-state index contributed by atoms with van der Waals surface area (Å²) in [5.74, 6) is -0.144. The predicted molar refractivity (Wildman–Crippen MR) is 37.0 cm³/mol. The molecule has 6 nitrogen and oxygen atoms in total. The second-order valence-electron chi connectivity index (χ2n) is 2.09. The van der Waals surface area contributed by atoms with Gasteiger partial charge in [0.05, 0.1) is 5.21 Å². The van der Waals surface area contributed by atoms with Crippen molar-refractivity contribution >= 4 is 5.82 Å². The van der Waals surface area contributed by atoms with Gasteiger partial charge in [-0.05, 0) is 11.3 Å². The first-order chi connectivity index (χ1) is 5.16. The number of nitrogens with zero attached hydrogens (tertiary/aromatic N) is 4. The lowest BCUT2D eigenvalue weighted by Crippen LogP contribution is -1.98. The molecule has 0 N–H and O–H groups in total. The van der Waals surface area contributed by atoms with Gasteiger partial charge in [0.1, 0.15) is 10.8 Å². The highest BCUT2D eigenvalue weighted by atomic mass is 16.6. The molecular weight excluding hydrogens is 148 g/mol. The number of aryl methyl sites for hydroxylation is 1. The van der Waals surface area contributed by atoms with Gasteiger partial charge < -0.3 is 10.1 Å². The molecule has 1 heterocycles. The van der Waals surface area contributed by atoms with Crippen molar-refractivity contribution in [2.75, 3.05) is 0 Å². The van der Waals surface area contributed by atoms with Gasteiger partial charge in [-0.3, -0.25) is 0 Å². The molecule has 1 aromatic rings. The zero-order valence-electron chi connectivity index (χ0n) is 6.31. The normalized spacial score (nSPS) is 10.0. The Morgan fingerprint density at radius 2 is 2.36 bits per heavy atom. The van der Waals surface area contributed by atoms with E-state index in [4.69, 9.17) is 0 Å². The molecule has 0 bridgehead atoms. The van der Waals surface area contributed by atoms with Crippen molar-refractivity contribution in [3.63, 3.8) is 0 Å². The maximum atomic E-state index is 10.3. The Morgan fingerprint density at radius 1 is 1.73 bits per heavy atom. The molecule has 0 aromatic carbocycles. The van der Waals surface area contributed by atoms with Crippen LogP contribution in [0, 0.1) is 10.1 Å². The van der Waals surface area contributed by atoms with Crippen LogP contribution in [0.15, 0.2) is 0 Å². The van der Waals surface area contributed by atoms with Gasteiger partial charge in [0.2, 0.25) is 0 Å². The van der Waals surface area contributed by atoms with Crippen molar-refractivity contribution in [3.05, 3.63) is 15.8 Å². The van der Waals surface area contributed by atoms with E-state index in [0.29, 0.717) is 12.1 Å². The van der Waals surface area contributed by atoms with Crippen molar-refractivity contribution in [1.29, 1.82) is 0 Å². The van der Waals surface area contributed by atoms with E-state index in [9.17, 15) is 10.1 Å². The van der Waals surface area contributed by atoms with Gasteiger partial charge in [0.25, 0.3) is 0 Å². The fraction of sp³-hybridized carbons (Fsp3) is 0.600. The summed E-state index contributed by atoms with van der Waals surface area (Å²) < 4.78 is 1.41. The van der Waals surface area contributed by atoms with Crippen LogP contribution in [0.3, 0.4) is 0 Å². The summed E-state index contributed by atoms with van der Waals surface area (Å²) in [6, 6.07) is 0. The average molecular weight is 156 g/mol. The van der Waals surface area contributed by atoms with Crippen molar-refractivity contribution in [1.82, 2.24) is 15.0 Å². The van der Waals surface area contributed by atoms with E-state index in [1.165, 1.54) is 4.68 Å². The quantitative estimate of drug-likeness (QED) is 0.455. The lowest BCUT2D eigenvalue weighted by Gasteiger charge is -1.92. The second kappa shape index (κ2) is 2.65. The predicted octanol–water partition coefficient (Wildman–Crippen LogP) is 0.286. The Labute approximate surface area is 63.0 Å². The van der Waals surface area contributed by atoms with Gasteiger partial charge in [-0.25, -0.2) is 4.68 Å². The van der Waals surface area contributed by atoms with Crippen LogP contribution in [-0.4, -0.2) is 19.9 Å². The summed E-state index contributed by atoms with van der Waals surface area (Å²) in [4.78, 5) is 9.76. The second-order valence-corrected chi connectivity index (χ2v) is 2.09. The molecule has 60 valence electrons. The molecule has 0 fully saturated rings. The topological polar surface area (TPSA) is 73.8 Å². The fourth-order valence-corrected chi connectivity index (χ4v) is 0.895. The Bertz CT molecular complexity index is 280. The molecule has 6 heteroatoms. The minimum atomic E-state index is -0.522. The van der Waals surface area contributed by atoms with E-state index in [1.807, 2.05) is 6.92 Å². The summed E-state index contributed by atoms with van der Waals surface area (Å²) >= 11 is 0. The van der Waals surface area contributed by atoms with Crippen LogP contribution < -0.4 is 0 Å². The average Bonchev–Trinajstić information content (AvgIpc) is 2.30. The Balaban J connectivity index is 3.15. The van der Waals surface area contributed by atoms with Gasteiger partial charge in [-0.1, -0.05) is 6.92 Å². The number of rotatable bonds is 2. The Morgan fingerprint density at radius 3 is 2.73 bits per heavy atom. The van der Waals surface area contributed by atoms with Crippen molar-refractivity contribution in [2.24, 2.45) is 7.05 Å².